The molecule has 1 unspecified atom stereocenters. The molecule has 1 atom stereocenters. The summed E-state index contributed by atoms with van der Waals surface area (Å²) in [5.74, 6) is 0.287. The van der Waals surface area contributed by atoms with Crippen molar-refractivity contribution in [1.29, 1.82) is 0 Å². The second-order valence-electron chi connectivity index (χ2n) is 9.14. The summed E-state index contributed by atoms with van der Waals surface area (Å²) < 4.78 is 1.88. The summed E-state index contributed by atoms with van der Waals surface area (Å²) in [7, 11) is 0. The van der Waals surface area contributed by atoms with E-state index in [9.17, 15) is 9.59 Å². The van der Waals surface area contributed by atoms with Gasteiger partial charge in [-0.2, -0.15) is 5.10 Å². The van der Waals surface area contributed by atoms with Gasteiger partial charge < -0.3 is 10.6 Å². The third kappa shape index (κ3) is 4.97. The van der Waals surface area contributed by atoms with E-state index in [0.29, 0.717) is 59.1 Å². The van der Waals surface area contributed by atoms with Crippen LogP contribution in [0.4, 0.5) is 5.82 Å². The first-order valence-corrected chi connectivity index (χ1v) is 12.6. The molecule has 1 aliphatic rings. The van der Waals surface area contributed by atoms with Crippen molar-refractivity contribution in [2.75, 3.05) is 18.8 Å². The highest BCUT2D eigenvalue weighted by Gasteiger charge is 2.28. The zero-order valence-electron chi connectivity index (χ0n) is 20.3. The molecule has 4 aromatic rings. The molecule has 9 heteroatoms. The molecule has 2 N–H and O–H groups in total. The number of Topliss-reactive ketones (excluding diaryl/α,β-unsaturated/α-hetero) is 1. The lowest BCUT2D eigenvalue weighted by Gasteiger charge is -2.32. The lowest BCUT2D eigenvalue weighted by Crippen LogP contribution is -2.40. The number of carbonyl (C=O) groups excluding carboxylic acids is 2. The molecule has 0 spiro atoms. The van der Waals surface area contributed by atoms with Crippen molar-refractivity contribution >= 4 is 40.1 Å². The molecule has 0 radical (unpaired) electrons. The van der Waals surface area contributed by atoms with Crippen LogP contribution in [0.3, 0.4) is 0 Å². The van der Waals surface area contributed by atoms with Crippen molar-refractivity contribution < 1.29 is 9.59 Å². The normalized spacial score (nSPS) is 15.6. The Kier molecular flexibility index (Phi) is 7.01. The van der Waals surface area contributed by atoms with Gasteiger partial charge in [-0.1, -0.05) is 54.6 Å². The molecule has 1 saturated heterocycles. The number of carbonyl (C=O) groups is 2. The van der Waals surface area contributed by atoms with E-state index >= 15 is 0 Å². The van der Waals surface area contributed by atoms with Crippen LogP contribution in [0.1, 0.15) is 41.2 Å². The Balaban J connectivity index is 1.40. The van der Waals surface area contributed by atoms with Crippen molar-refractivity contribution in [2.45, 2.75) is 31.7 Å². The zero-order valence-corrected chi connectivity index (χ0v) is 21.1. The molecular weight excluding hydrogens is 488 g/mol. The number of nitrogens with two attached hydrogens (primary N) is 1. The van der Waals surface area contributed by atoms with Gasteiger partial charge in [-0.15, -0.1) is 0 Å². The van der Waals surface area contributed by atoms with Crippen molar-refractivity contribution in [1.82, 2.24) is 24.6 Å². The molecule has 1 fully saturated rings. The number of halogens is 1. The second-order valence-corrected chi connectivity index (χ2v) is 9.54. The Labute approximate surface area is 219 Å². The molecule has 8 nitrogen and oxygen atoms in total. The number of fused-ring (bicyclic) bond motifs is 1. The summed E-state index contributed by atoms with van der Waals surface area (Å²) >= 11 is 6.16. The van der Waals surface area contributed by atoms with Gasteiger partial charge in [-0.25, -0.2) is 14.6 Å². The predicted octanol–water partition coefficient (Wildman–Crippen LogP) is 4.89. The van der Waals surface area contributed by atoms with Crippen LogP contribution in [0.2, 0.25) is 5.02 Å². The Morgan fingerprint density at radius 3 is 2.68 bits per heavy atom. The van der Waals surface area contributed by atoms with Gasteiger partial charge in [0, 0.05) is 30.6 Å². The summed E-state index contributed by atoms with van der Waals surface area (Å²) in [6.45, 7) is 4.84. The fourth-order valence-corrected chi connectivity index (χ4v) is 5.09. The SMILES string of the molecule is C=CC(=O)N1CCCC(n2nc(-c3ccc(CCC(=O)c4ccccc4Cl)cc3)c3c(N)ncnc32)C1. The topological polar surface area (TPSA) is 107 Å². The first-order valence-electron chi connectivity index (χ1n) is 12.2. The number of hydrogen-bond acceptors (Lipinski definition) is 6. The number of aryl methyl sites for hydroxylation is 1. The van der Waals surface area contributed by atoms with Gasteiger partial charge >= 0.3 is 0 Å². The third-order valence-electron chi connectivity index (χ3n) is 6.79. The quantitative estimate of drug-likeness (QED) is 0.278. The molecule has 5 rings (SSSR count). The molecular formula is C28H27ClN6O2. The number of rotatable bonds is 7. The second kappa shape index (κ2) is 10.5. The highest BCUT2D eigenvalue weighted by molar-refractivity contribution is 6.33. The van der Waals surface area contributed by atoms with Gasteiger partial charge in [-0.05, 0) is 43.0 Å². The van der Waals surface area contributed by atoms with Gasteiger partial charge in [0.15, 0.2) is 11.4 Å². The van der Waals surface area contributed by atoms with Crippen LogP contribution in [-0.2, 0) is 11.2 Å². The van der Waals surface area contributed by atoms with Crippen LogP contribution >= 0.6 is 11.6 Å². The van der Waals surface area contributed by atoms with E-state index in [-0.39, 0.29) is 17.7 Å². The van der Waals surface area contributed by atoms with E-state index in [4.69, 9.17) is 22.4 Å². The molecule has 188 valence electrons. The molecule has 3 heterocycles. The first-order chi connectivity index (χ1) is 18.0. The Bertz CT molecular complexity index is 1480. The Morgan fingerprint density at radius 2 is 1.92 bits per heavy atom. The third-order valence-corrected chi connectivity index (χ3v) is 7.12. The summed E-state index contributed by atoms with van der Waals surface area (Å²) in [4.78, 5) is 35.3. The lowest BCUT2D eigenvalue weighted by atomic mass is 10.0. The maximum absolute atomic E-state index is 12.6. The molecule has 1 amide bonds. The Morgan fingerprint density at radius 1 is 1.14 bits per heavy atom. The van der Waals surface area contributed by atoms with E-state index in [0.717, 1.165) is 24.0 Å². The number of anilines is 1. The molecule has 2 aromatic heterocycles. The average Bonchev–Trinajstić information content (AvgIpc) is 3.33. The van der Waals surface area contributed by atoms with Crippen LogP contribution in [0.15, 0.2) is 67.5 Å². The monoisotopic (exact) mass is 514 g/mol. The fourth-order valence-electron chi connectivity index (χ4n) is 4.84. The van der Waals surface area contributed by atoms with E-state index in [1.54, 1.807) is 17.0 Å². The largest absolute Gasteiger partial charge is 0.383 e. The standard InChI is InChI=1S/C28H27ClN6O2/c1-2-24(37)34-15-5-6-20(16-34)35-28-25(27(30)31-17-32-28)26(33-35)19-12-9-18(10-13-19)11-14-23(36)21-7-3-4-8-22(21)29/h2-4,7-10,12-13,17,20H,1,5-6,11,14-16H2,(H2,30,31,32). The number of likely N-dealkylation sites (tertiary alicyclic amines) is 1. The molecule has 0 saturated carbocycles. The maximum Gasteiger partial charge on any atom is 0.246 e. The maximum atomic E-state index is 12.6. The summed E-state index contributed by atoms with van der Waals surface area (Å²) in [5.41, 5.74) is 10.1. The number of ketones is 1. The first kappa shape index (κ1) is 24.6. The number of nitrogen functional groups attached to an aromatic ring is 1. The van der Waals surface area contributed by atoms with Gasteiger partial charge in [0.05, 0.1) is 16.5 Å². The number of aromatic nitrogens is 4. The van der Waals surface area contributed by atoms with Crippen LogP contribution in [0, 0.1) is 0 Å². The highest BCUT2D eigenvalue weighted by atomic mass is 35.5. The van der Waals surface area contributed by atoms with Gasteiger partial charge in [0.2, 0.25) is 5.91 Å². The van der Waals surface area contributed by atoms with Gasteiger partial charge in [0.1, 0.15) is 17.8 Å². The van der Waals surface area contributed by atoms with Crippen LogP contribution in [0.5, 0.6) is 0 Å². The van der Waals surface area contributed by atoms with E-state index in [2.05, 4.69) is 16.5 Å². The van der Waals surface area contributed by atoms with Crippen molar-refractivity contribution in [2.24, 2.45) is 0 Å². The number of piperidine rings is 1. The average molecular weight is 515 g/mol. The van der Waals surface area contributed by atoms with Crippen molar-refractivity contribution in [3.63, 3.8) is 0 Å². The predicted molar refractivity (Wildman–Crippen MR) is 144 cm³/mol. The van der Waals surface area contributed by atoms with Gasteiger partial charge in [0.25, 0.3) is 0 Å². The summed E-state index contributed by atoms with van der Waals surface area (Å²) in [5, 5.41) is 6.08. The molecule has 1 aliphatic heterocycles. The molecule has 0 bridgehead atoms. The highest BCUT2D eigenvalue weighted by Crippen LogP contribution is 2.34. The summed E-state index contributed by atoms with van der Waals surface area (Å²) in [6, 6.07) is 15.0. The van der Waals surface area contributed by atoms with Crippen LogP contribution in [-0.4, -0.2) is 49.4 Å². The Hall–Kier alpha value is -4.04. The van der Waals surface area contributed by atoms with E-state index in [1.807, 2.05) is 41.1 Å². The smallest absolute Gasteiger partial charge is 0.246 e. The number of amides is 1. The minimum Gasteiger partial charge on any atom is -0.383 e. The minimum absolute atomic E-state index is 0.0146. The molecule has 37 heavy (non-hydrogen) atoms. The number of nitrogens with zero attached hydrogens (tertiary/aromatic N) is 5. The van der Waals surface area contributed by atoms with Crippen LogP contribution in [0.25, 0.3) is 22.3 Å². The van der Waals surface area contributed by atoms with Crippen molar-refractivity contribution in [3.8, 4) is 11.3 Å². The molecule has 2 aromatic carbocycles. The lowest BCUT2D eigenvalue weighted by molar-refractivity contribution is -0.127. The minimum atomic E-state index is -0.0841. The molecule has 0 aliphatic carbocycles. The van der Waals surface area contributed by atoms with Crippen LogP contribution < -0.4 is 5.73 Å². The fraction of sp³-hybridized carbons (Fsp3) is 0.250. The van der Waals surface area contributed by atoms with E-state index in [1.165, 1.54) is 12.4 Å². The van der Waals surface area contributed by atoms with Crippen molar-refractivity contribution in [3.05, 3.63) is 83.7 Å². The number of benzene rings is 2. The summed E-state index contributed by atoms with van der Waals surface area (Å²) in [6.07, 6.45) is 5.48. The zero-order chi connectivity index (χ0) is 25.9. The van der Waals surface area contributed by atoms with Gasteiger partial charge in [-0.3, -0.25) is 9.59 Å². The number of hydrogen-bond donors (Lipinski definition) is 1. The van der Waals surface area contributed by atoms with E-state index < -0.39 is 0 Å².